The quantitative estimate of drug-likeness (QED) is 0.783. The minimum absolute atomic E-state index is 0.225. The van der Waals surface area contributed by atoms with Gasteiger partial charge in [-0.15, -0.1) is 0 Å². The molecule has 134 valence electrons. The van der Waals surface area contributed by atoms with Gasteiger partial charge in [-0.2, -0.15) is 4.31 Å². The SMILES string of the molecule is O=S(=O)(c1ccc(Cl)cc1)N1CCN(Cc2c(F)cccc2Cl)CC1. The van der Waals surface area contributed by atoms with Gasteiger partial charge in [0.25, 0.3) is 0 Å². The van der Waals surface area contributed by atoms with Gasteiger partial charge in [-0.1, -0.05) is 29.3 Å². The van der Waals surface area contributed by atoms with Gasteiger partial charge in [0.1, 0.15) is 5.82 Å². The normalized spacial score (nSPS) is 16.9. The van der Waals surface area contributed by atoms with Crippen molar-refractivity contribution in [3.63, 3.8) is 0 Å². The van der Waals surface area contributed by atoms with Crippen molar-refractivity contribution in [1.82, 2.24) is 9.21 Å². The van der Waals surface area contributed by atoms with E-state index in [2.05, 4.69) is 0 Å². The zero-order valence-corrected chi connectivity index (χ0v) is 15.7. The van der Waals surface area contributed by atoms with Gasteiger partial charge in [-0.3, -0.25) is 4.90 Å². The molecule has 0 bridgehead atoms. The second kappa shape index (κ2) is 7.60. The molecule has 3 rings (SSSR count). The Kier molecular flexibility index (Phi) is 5.65. The van der Waals surface area contributed by atoms with Crippen molar-refractivity contribution in [2.24, 2.45) is 0 Å². The maximum atomic E-state index is 13.9. The van der Waals surface area contributed by atoms with Gasteiger partial charge in [0.05, 0.1) is 4.90 Å². The van der Waals surface area contributed by atoms with E-state index in [9.17, 15) is 12.8 Å². The van der Waals surface area contributed by atoms with E-state index in [1.54, 1.807) is 24.3 Å². The van der Waals surface area contributed by atoms with Crippen LogP contribution >= 0.6 is 23.2 Å². The molecule has 0 amide bonds. The number of hydrogen-bond donors (Lipinski definition) is 0. The summed E-state index contributed by atoms with van der Waals surface area (Å²) in [6, 6.07) is 10.7. The molecule has 0 radical (unpaired) electrons. The van der Waals surface area contributed by atoms with Crippen LogP contribution in [-0.4, -0.2) is 43.8 Å². The first-order valence-corrected chi connectivity index (χ1v) is 9.98. The molecule has 0 saturated carbocycles. The van der Waals surface area contributed by atoms with E-state index in [0.29, 0.717) is 48.3 Å². The average molecular weight is 403 g/mol. The van der Waals surface area contributed by atoms with Crippen molar-refractivity contribution in [3.05, 3.63) is 63.9 Å². The lowest BCUT2D eigenvalue weighted by molar-refractivity contribution is 0.180. The monoisotopic (exact) mass is 402 g/mol. The molecule has 4 nitrogen and oxygen atoms in total. The van der Waals surface area contributed by atoms with Crippen LogP contribution in [0.2, 0.25) is 10.0 Å². The maximum Gasteiger partial charge on any atom is 0.243 e. The van der Waals surface area contributed by atoms with Crippen LogP contribution in [0.5, 0.6) is 0 Å². The second-order valence-electron chi connectivity index (χ2n) is 5.83. The highest BCUT2D eigenvalue weighted by atomic mass is 35.5. The fourth-order valence-corrected chi connectivity index (χ4v) is 4.56. The molecule has 1 saturated heterocycles. The summed E-state index contributed by atoms with van der Waals surface area (Å²) in [6.07, 6.45) is 0. The predicted octanol–water partition coefficient (Wildman–Crippen LogP) is 3.64. The van der Waals surface area contributed by atoms with Gasteiger partial charge in [0.15, 0.2) is 0 Å². The molecule has 8 heteroatoms. The summed E-state index contributed by atoms with van der Waals surface area (Å²) in [5.74, 6) is -0.344. The van der Waals surface area contributed by atoms with E-state index >= 15 is 0 Å². The first-order chi connectivity index (χ1) is 11.9. The van der Waals surface area contributed by atoms with Gasteiger partial charge >= 0.3 is 0 Å². The Labute approximate surface area is 156 Å². The van der Waals surface area contributed by atoms with Crippen LogP contribution in [-0.2, 0) is 16.6 Å². The Bertz CT molecular complexity index is 831. The van der Waals surface area contributed by atoms with Gasteiger partial charge < -0.3 is 0 Å². The average Bonchev–Trinajstić information content (AvgIpc) is 2.59. The van der Waals surface area contributed by atoms with Gasteiger partial charge in [-0.25, -0.2) is 12.8 Å². The Morgan fingerprint density at radius 3 is 2.20 bits per heavy atom. The molecule has 1 fully saturated rings. The predicted molar refractivity (Wildman–Crippen MR) is 96.9 cm³/mol. The summed E-state index contributed by atoms with van der Waals surface area (Å²) >= 11 is 11.9. The Balaban J connectivity index is 1.66. The van der Waals surface area contributed by atoms with Crippen LogP contribution < -0.4 is 0 Å². The minimum Gasteiger partial charge on any atom is -0.296 e. The molecule has 0 spiro atoms. The van der Waals surface area contributed by atoms with E-state index in [0.717, 1.165) is 0 Å². The molecule has 25 heavy (non-hydrogen) atoms. The van der Waals surface area contributed by atoms with E-state index in [-0.39, 0.29) is 10.7 Å². The third-order valence-corrected chi connectivity index (χ3v) is 6.75. The summed E-state index contributed by atoms with van der Waals surface area (Å²) in [6.45, 7) is 2.07. The van der Waals surface area contributed by atoms with Crippen LogP contribution in [0.3, 0.4) is 0 Å². The van der Waals surface area contributed by atoms with Crippen LogP contribution in [0.25, 0.3) is 0 Å². The van der Waals surface area contributed by atoms with Crippen LogP contribution in [0.15, 0.2) is 47.4 Å². The first kappa shape index (κ1) is 18.6. The third-order valence-electron chi connectivity index (χ3n) is 4.23. The van der Waals surface area contributed by atoms with Gasteiger partial charge in [0.2, 0.25) is 10.0 Å². The van der Waals surface area contributed by atoms with Crippen molar-refractivity contribution in [2.75, 3.05) is 26.2 Å². The standard InChI is InChI=1S/C17H17Cl2FN2O2S/c18-13-4-6-14(7-5-13)25(23,24)22-10-8-21(9-11-22)12-15-16(19)2-1-3-17(15)20/h1-7H,8-12H2. The van der Waals surface area contributed by atoms with E-state index in [4.69, 9.17) is 23.2 Å². The highest BCUT2D eigenvalue weighted by Gasteiger charge is 2.28. The summed E-state index contributed by atoms with van der Waals surface area (Å²) in [4.78, 5) is 2.22. The van der Waals surface area contributed by atoms with E-state index in [1.165, 1.54) is 22.5 Å². The second-order valence-corrected chi connectivity index (χ2v) is 8.62. The number of halogens is 3. The smallest absolute Gasteiger partial charge is 0.243 e. The van der Waals surface area contributed by atoms with E-state index < -0.39 is 10.0 Å². The third kappa shape index (κ3) is 4.15. The van der Waals surface area contributed by atoms with Crippen LogP contribution in [0.1, 0.15) is 5.56 Å². The lowest BCUT2D eigenvalue weighted by Crippen LogP contribution is -2.48. The fraction of sp³-hybridized carbons (Fsp3) is 0.294. The molecule has 2 aromatic carbocycles. The van der Waals surface area contributed by atoms with Crippen molar-refractivity contribution in [3.8, 4) is 0 Å². The molecule has 0 atom stereocenters. The van der Waals surface area contributed by atoms with E-state index in [1.807, 2.05) is 4.90 Å². The number of piperazine rings is 1. The molecule has 2 aromatic rings. The first-order valence-electron chi connectivity index (χ1n) is 7.79. The Hall–Kier alpha value is -1.18. The van der Waals surface area contributed by atoms with Crippen LogP contribution in [0.4, 0.5) is 4.39 Å². The molecule has 0 aromatic heterocycles. The molecular weight excluding hydrogens is 386 g/mol. The summed E-state index contributed by atoms with van der Waals surface area (Å²) < 4.78 is 40.6. The lowest BCUT2D eigenvalue weighted by atomic mass is 10.2. The molecule has 1 aliphatic rings. The number of hydrogen-bond acceptors (Lipinski definition) is 3. The zero-order valence-electron chi connectivity index (χ0n) is 13.3. The minimum atomic E-state index is -3.54. The highest BCUT2D eigenvalue weighted by molar-refractivity contribution is 7.89. The van der Waals surface area contributed by atoms with Crippen molar-refractivity contribution < 1.29 is 12.8 Å². The number of sulfonamides is 1. The number of benzene rings is 2. The zero-order chi connectivity index (χ0) is 18.0. The number of nitrogens with zero attached hydrogens (tertiary/aromatic N) is 2. The largest absolute Gasteiger partial charge is 0.296 e. The molecule has 1 aliphatic heterocycles. The molecule has 0 N–H and O–H groups in total. The molecule has 0 aliphatic carbocycles. The van der Waals surface area contributed by atoms with Gasteiger partial charge in [-0.05, 0) is 36.4 Å². The lowest BCUT2D eigenvalue weighted by Gasteiger charge is -2.34. The summed E-state index contributed by atoms with van der Waals surface area (Å²) in [5.41, 5.74) is 0.443. The molecular formula is C17H17Cl2FN2O2S. The van der Waals surface area contributed by atoms with Crippen molar-refractivity contribution in [1.29, 1.82) is 0 Å². The number of rotatable bonds is 4. The Morgan fingerprint density at radius 1 is 0.960 bits per heavy atom. The molecule has 0 unspecified atom stereocenters. The Morgan fingerprint density at radius 2 is 1.60 bits per heavy atom. The van der Waals surface area contributed by atoms with Crippen molar-refractivity contribution in [2.45, 2.75) is 11.4 Å². The molecule has 1 heterocycles. The fourth-order valence-electron chi connectivity index (χ4n) is 2.79. The van der Waals surface area contributed by atoms with Crippen molar-refractivity contribution >= 4 is 33.2 Å². The topological polar surface area (TPSA) is 40.6 Å². The summed E-state index contributed by atoms with van der Waals surface area (Å²) in [5, 5.41) is 0.877. The highest BCUT2D eigenvalue weighted by Crippen LogP contribution is 2.23. The maximum absolute atomic E-state index is 13.9. The summed E-state index contributed by atoms with van der Waals surface area (Å²) in [7, 11) is -3.54. The van der Waals surface area contributed by atoms with Crippen LogP contribution in [0, 0.1) is 5.82 Å². The van der Waals surface area contributed by atoms with Gasteiger partial charge in [0, 0.05) is 48.3 Å².